The Balaban J connectivity index is 1.85. The van der Waals surface area contributed by atoms with Gasteiger partial charge in [-0.05, 0) is 38.5 Å². The van der Waals surface area contributed by atoms with Crippen LogP contribution in [0.2, 0.25) is 5.02 Å². The third-order valence-electron chi connectivity index (χ3n) is 4.75. The third-order valence-corrected chi connectivity index (χ3v) is 5.08. The number of aromatic nitrogens is 4. The Morgan fingerprint density at radius 2 is 1.93 bits per heavy atom. The maximum absolute atomic E-state index is 12.7. The molecule has 7 heteroatoms. The van der Waals surface area contributed by atoms with E-state index < -0.39 is 0 Å². The van der Waals surface area contributed by atoms with E-state index >= 15 is 0 Å². The Morgan fingerprint density at radius 3 is 2.67 bits per heavy atom. The van der Waals surface area contributed by atoms with Gasteiger partial charge in [0.15, 0.2) is 0 Å². The smallest absolute Gasteiger partial charge is 0.252 e. The van der Waals surface area contributed by atoms with Crippen molar-refractivity contribution >= 4 is 22.6 Å². The largest absolute Gasteiger partial charge is 0.441 e. The SMILES string of the molecule is Cc1oc(-c2ccccc2Cl)nc1Cn1c(=O)cc(C)c2c(C)nn(C)c21. The van der Waals surface area contributed by atoms with Crippen LogP contribution >= 0.6 is 11.6 Å². The van der Waals surface area contributed by atoms with Gasteiger partial charge < -0.3 is 4.42 Å². The van der Waals surface area contributed by atoms with Crippen LogP contribution in [0.25, 0.3) is 22.5 Å². The molecule has 1 aromatic carbocycles. The minimum atomic E-state index is -0.0929. The minimum Gasteiger partial charge on any atom is -0.441 e. The second kappa shape index (κ2) is 6.39. The van der Waals surface area contributed by atoms with Gasteiger partial charge in [-0.2, -0.15) is 5.10 Å². The molecule has 138 valence electrons. The molecule has 0 spiro atoms. The average Bonchev–Trinajstić information content (AvgIpc) is 3.11. The molecule has 0 aliphatic rings. The number of pyridine rings is 1. The summed E-state index contributed by atoms with van der Waals surface area (Å²) in [5.74, 6) is 1.11. The minimum absolute atomic E-state index is 0.0929. The lowest BCUT2D eigenvalue weighted by atomic mass is 10.1. The van der Waals surface area contributed by atoms with Crippen LogP contribution in [0.5, 0.6) is 0 Å². The molecule has 0 aliphatic carbocycles. The number of halogens is 1. The van der Waals surface area contributed by atoms with Crippen LogP contribution in [0.15, 0.2) is 39.5 Å². The van der Waals surface area contributed by atoms with E-state index in [1.165, 1.54) is 0 Å². The summed E-state index contributed by atoms with van der Waals surface area (Å²) in [6.07, 6.45) is 0. The van der Waals surface area contributed by atoms with Crippen molar-refractivity contribution in [2.24, 2.45) is 7.05 Å². The Bertz CT molecular complexity index is 1230. The molecule has 0 radical (unpaired) electrons. The monoisotopic (exact) mass is 382 g/mol. The van der Waals surface area contributed by atoms with Gasteiger partial charge in [0.1, 0.15) is 17.1 Å². The fraction of sp³-hybridized carbons (Fsp3) is 0.250. The molecular formula is C20H19ClN4O2. The molecule has 3 heterocycles. The van der Waals surface area contributed by atoms with Crippen molar-refractivity contribution in [1.82, 2.24) is 19.3 Å². The van der Waals surface area contributed by atoms with E-state index in [0.29, 0.717) is 28.9 Å². The van der Waals surface area contributed by atoms with Crippen LogP contribution in [-0.4, -0.2) is 19.3 Å². The lowest BCUT2D eigenvalue weighted by molar-refractivity contribution is 0.537. The summed E-state index contributed by atoms with van der Waals surface area (Å²) in [6, 6.07) is 9.03. The highest BCUT2D eigenvalue weighted by Crippen LogP contribution is 2.29. The number of rotatable bonds is 3. The van der Waals surface area contributed by atoms with Gasteiger partial charge in [0.25, 0.3) is 5.56 Å². The first-order valence-corrected chi connectivity index (χ1v) is 8.99. The number of hydrogen-bond acceptors (Lipinski definition) is 4. The summed E-state index contributed by atoms with van der Waals surface area (Å²) >= 11 is 6.26. The average molecular weight is 383 g/mol. The first kappa shape index (κ1) is 17.5. The third kappa shape index (κ3) is 2.86. The van der Waals surface area contributed by atoms with Crippen LogP contribution in [0, 0.1) is 20.8 Å². The quantitative estimate of drug-likeness (QED) is 0.536. The molecule has 4 aromatic rings. The second-order valence-electron chi connectivity index (χ2n) is 6.66. The van der Waals surface area contributed by atoms with Crippen LogP contribution in [0.3, 0.4) is 0 Å². The zero-order chi connectivity index (χ0) is 19.3. The van der Waals surface area contributed by atoms with E-state index in [1.807, 2.05) is 46.0 Å². The van der Waals surface area contributed by atoms with Crippen molar-refractivity contribution in [2.45, 2.75) is 27.3 Å². The van der Waals surface area contributed by atoms with Crippen LogP contribution in [0.1, 0.15) is 22.7 Å². The zero-order valence-electron chi connectivity index (χ0n) is 15.6. The number of hydrogen-bond donors (Lipinski definition) is 0. The molecule has 4 rings (SSSR count). The van der Waals surface area contributed by atoms with Crippen molar-refractivity contribution in [2.75, 3.05) is 0 Å². The number of benzene rings is 1. The molecule has 27 heavy (non-hydrogen) atoms. The lowest BCUT2D eigenvalue weighted by Gasteiger charge is -2.09. The van der Waals surface area contributed by atoms with E-state index in [2.05, 4.69) is 10.1 Å². The Hall–Kier alpha value is -2.86. The molecule has 0 amide bonds. The first-order valence-electron chi connectivity index (χ1n) is 8.61. The number of aryl methyl sites for hydroxylation is 4. The van der Waals surface area contributed by atoms with E-state index in [1.54, 1.807) is 21.4 Å². The fourth-order valence-electron chi connectivity index (χ4n) is 3.48. The van der Waals surface area contributed by atoms with E-state index in [0.717, 1.165) is 27.9 Å². The van der Waals surface area contributed by atoms with Gasteiger partial charge in [0.2, 0.25) is 5.89 Å². The summed E-state index contributed by atoms with van der Waals surface area (Å²) in [4.78, 5) is 17.3. The first-order chi connectivity index (χ1) is 12.9. The topological polar surface area (TPSA) is 65.8 Å². The predicted molar refractivity (Wildman–Crippen MR) is 105 cm³/mol. The van der Waals surface area contributed by atoms with Crippen LogP contribution in [0.4, 0.5) is 0 Å². The van der Waals surface area contributed by atoms with Crippen LogP contribution in [-0.2, 0) is 13.6 Å². The van der Waals surface area contributed by atoms with Crippen molar-refractivity contribution in [3.8, 4) is 11.5 Å². The summed E-state index contributed by atoms with van der Waals surface area (Å²) in [6.45, 7) is 6.02. The molecule has 3 aromatic heterocycles. The number of fused-ring (bicyclic) bond motifs is 1. The second-order valence-corrected chi connectivity index (χ2v) is 7.07. The molecule has 0 aliphatic heterocycles. The fourth-order valence-corrected chi connectivity index (χ4v) is 3.70. The lowest BCUT2D eigenvalue weighted by Crippen LogP contribution is -2.22. The van der Waals surface area contributed by atoms with Gasteiger partial charge >= 0.3 is 0 Å². The molecule has 0 unspecified atom stereocenters. The summed E-state index contributed by atoms with van der Waals surface area (Å²) < 4.78 is 9.26. The van der Waals surface area contributed by atoms with E-state index in [4.69, 9.17) is 16.0 Å². The maximum atomic E-state index is 12.7. The highest BCUT2D eigenvalue weighted by molar-refractivity contribution is 6.33. The number of nitrogens with zero attached hydrogens (tertiary/aromatic N) is 4. The van der Waals surface area contributed by atoms with Gasteiger partial charge in [-0.25, -0.2) is 4.98 Å². The Labute approximate surface area is 161 Å². The van der Waals surface area contributed by atoms with Gasteiger partial charge in [0.05, 0.1) is 22.8 Å². The molecule has 0 fully saturated rings. The molecule has 0 bridgehead atoms. The van der Waals surface area contributed by atoms with E-state index in [-0.39, 0.29) is 5.56 Å². The molecule has 0 atom stereocenters. The normalized spacial score (nSPS) is 11.4. The Kier molecular flexibility index (Phi) is 4.15. The molecule has 0 saturated heterocycles. The number of oxazole rings is 1. The van der Waals surface area contributed by atoms with Crippen LogP contribution < -0.4 is 5.56 Å². The highest BCUT2D eigenvalue weighted by Gasteiger charge is 2.18. The van der Waals surface area contributed by atoms with E-state index in [9.17, 15) is 4.79 Å². The maximum Gasteiger partial charge on any atom is 0.252 e. The highest BCUT2D eigenvalue weighted by atomic mass is 35.5. The molecule has 0 saturated carbocycles. The summed E-state index contributed by atoms with van der Waals surface area (Å²) in [7, 11) is 1.84. The van der Waals surface area contributed by atoms with Crippen molar-refractivity contribution in [1.29, 1.82) is 0 Å². The summed E-state index contributed by atoms with van der Waals surface area (Å²) in [5, 5.41) is 6.04. The predicted octanol–water partition coefficient (Wildman–Crippen LogP) is 4.02. The Morgan fingerprint density at radius 1 is 1.19 bits per heavy atom. The van der Waals surface area contributed by atoms with Gasteiger partial charge in [-0.1, -0.05) is 23.7 Å². The van der Waals surface area contributed by atoms with Gasteiger partial charge in [-0.15, -0.1) is 0 Å². The zero-order valence-corrected chi connectivity index (χ0v) is 16.3. The van der Waals surface area contributed by atoms with Crippen molar-refractivity contribution < 1.29 is 4.42 Å². The standard InChI is InChI=1S/C20H19ClN4O2/c1-11-9-17(26)25(20-18(11)12(2)23-24(20)4)10-16-13(3)27-19(22-16)14-7-5-6-8-15(14)21/h5-9H,10H2,1-4H3. The molecular weight excluding hydrogens is 364 g/mol. The van der Waals surface area contributed by atoms with Crippen molar-refractivity contribution in [3.63, 3.8) is 0 Å². The molecule has 0 N–H and O–H groups in total. The van der Waals surface area contributed by atoms with Crippen molar-refractivity contribution in [3.05, 3.63) is 68.4 Å². The van der Waals surface area contributed by atoms with Gasteiger partial charge in [0, 0.05) is 18.5 Å². The van der Waals surface area contributed by atoms with Gasteiger partial charge in [-0.3, -0.25) is 14.0 Å². The molecule has 6 nitrogen and oxygen atoms in total. The summed E-state index contributed by atoms with van der Waals surface area (Å²) in [5.41, 5.74) is 3.92.